The summed E-state index contributed by atoms with van der Waals surface area (Å²) in [6.07, 6.45) is 0. The first-order valence-electron chi connectivity index (χ1n) is 3.97. The maximum Gasteiger partial charge on any atom is 0.791 e. The molecule has 3 rings (SSSR count). The highest BCUT2D eigenvalue weighted by atomic mass is 16.8. The molecular formula is C6H8BNO5. The van der Waals surface area contributed by atoms with Crippen LogP contribution in [0.3, 0.4) is 0 Å². The topological polar surface area (TPSA) is 65.1 Å². The molecule has 3 aliphatic rings. The van der Waals surface area contributed by atoms with Gasteiger partial charge in [0.2, 0.25) is 0 Å². The van der Waals surface area contributed by atoms with Gasteiger partial charge in [-0.05, 0) is 0 Å². The van der Waals surface area contributed by atoms with Gasteiger partial charge in [-0.3, -0.25) is 14.5 Å². The fraction of sp³-hybridized carbons (Fsp3) is 0.667. The zero-order chi connectivity index (χ0) is 9.26. The Kier molecular flexibility index (Phi) is 2.20. The van der Waals surface area contributed by atoms with Crippen LogP contribution in [0.15, 0.2) is 0 Å². The quantitative estimate of drug-likeness (QED) is 0.423. The van der Waals surface area contributed by atoms with Gasteiger partial charge in [0.1, 0.15) is 0 Å². The van der Waals surface area contributed by atoms with E-state index in [9.17, 15) is 9.59 Å². The van der Waals surface area contributed by atoms with Gasteiger partial charge < -0.3 is 14.0 Å². The third kappa shape index (κ3) is 1.99. The molecule has 0 unspecified atom stereocenters. The molecule has 0 aromatic heterocycles. The first-order valence-corrected chi connectivity index (χ1v) is 3.97. The molecule has 2 bridgehead atoms. The number of carbonyl (C=O) groups excluding carboxylic acids is 2. The van der Waals surface area contributed by atoms with Crippen molar-refractivity contribution < 1.29 is 23.6 Å². The van der Waals surface area contributed by atoms with Crippen molar-refractivity contribution in [2.24, 2.45) is 0 Å². The summed E-state index contributed by atoms with van der Waals surface area (Å²) in [7, 11) is -1.15. The van der Waals surface area contributed by atoms with E-state index in [1.165, 1.54) is 0 Å². The van der Waals surface area contributed by atoms with Gasteiger partial charge in [-0.15, -0.1) is 0 Å². The lowest BCUT2D eigenvalue weighted by molar-refractivity contribution is -0.152. The number of carbonyl (C=O) groups is 2. The van der Waals surface area contributed by atoms with Crippen LogP contribution in [-0.4, -0.2) is 50.4 Å². The van der Waals surface area contributed by atoms with E-state index in [2.05, 4.69) is 9.31 Å². The van der Waals surface area contributed by atoms with Crippen LogP contribution in [0.25, 0.3) is 0 Å². The van der Waals surface area contributed by atoms with Gasteiger partial charge in [0.25, 0.3) is 0 Å². The molecule has 70 valence electrons. The summed E-state index contributed by atoms with van der Waals surface area (Å²) in [5.41, 5.74) is 0. The zero-order valence-corrected chi connectivity index (χ0v) is 6.89. The molecule has 3 fully saturated rings. The number of hydrogen-bond donors (Lipinski definition) is 0. The van der Waals surface area contributed by atoms with E-state index in [1.807, 2.05) is 0 Å². The molecule has 0 amide bonds. The molecule has 0 aromatic carbocycles. The summed E-state index contributed by atoms with van der Waals surface area (Å²) >= 11 is 0. The molecule has 3 aliphatic heterocycles. The Hall–Kier alpha value is -1.08. The van der Waals surface area contributed by atoms with Crippen molar-refractivity contribution >= 4 is 19.3 Å². The lowest BCUT2D eigenvalue weighted by Gasteiger charge is -2.28. The fourth-order valence-electron chi connectivity index (χ4n) is 1.24. The van der Waals surface area contributed by atoms with Crippen LogP contribution < -0.4 is 0 Å². The smallest absolute Gasteiger partial charge is 0.473 e. The van der Waals surface area contributed by atoms with Gasteiger partial charge in [0.05, 0.1) is 13.1 Å². The third-order valence-electron chi connectivity index (χ3n) is 1.82. The van der Waals surface area contributed by atoms with Crippen molar-refractivity contribution in [3.8, 4) is 0 Å². The predicted molar refractivity (Wildman–Crippen MR) is 40.3 cm³/mol. The number of rotatable bonds is 0. The van der Waals surface area contributed by atoms with Gasteiger partial charge in [0.15, 0.2) is 0 Å². The van der Waals surface area contributed by atoms with E-state index in [0.29, 0.717) is 13.2 Å². The van der Waals surface area contributed by atoms with Crippen molar-refractivity contribution in [3.63, 3.8) is 0 Å². The van der Waals surface area contributed by atoms with E-state index in [-0.39, 0.29) is 13.1 Å². The highest BCUT2D eigenvalue weighted by Crippen LogP contribution is 2.06. The Morgan fingerprint density at radius 3 is 2.38 bits per heavy atom. The second-order valence-corrected chi connectivity index (χ2v) is 2.85. The standard InChI is InChI=1S/C6H8BNO5/c9-5-3-8-1-2-11-7(12-5)13-6(10)4-8/h1-4H2. The molecule has 0 N–H and O–H groups in total. The number of nitrogens with zero attached hydrogens (tertiary/aromatic N) is 1. The lowest BCUT2D eigenvalue weighted by atomic mass is 10.2. The summed E-state index contributed by atoms with van der Waals surface area (Å²) in [5, 5.41) is 0. The van der Waals surface area contributed by atoms with Crippen LogP contribution >= 0.6 is 0 Å². The first kappa shape index (κ1) is 8.52. The molecule has 0 aliphatic carbocycles. The SMILES string of the molecule is O=C1CN2CCOB(O1)OC(=O)C2. The normalized spacial score (nSPS) is 24.5. The molecular weight excluding hydrogens is 177 g/mol. The summed E-state index contributed by atoms with van der Waals surface area (Å²) in [6.45, 7) is 1.18. The van der Waals surface area contributed by atoms with Crippen molar-refractivity contribution in [2.75, 3.05) is 26.2 Å². The fourth-order valence-corrected chi connectivity index (χ4v) is 1.24. The number of fused-ring (bicyclic) bond motifs is 6. The predicted octanol–water partition coefficient (Wildman–Crippen LogP) is -1.60. The van der Waals surface area contributed by atoms with Crippen molar-refractivity contribution in [2.45, 2.75) is 0 Å². The summed E-state index contributed by atoms with van der Waals surface area (Å²) in [5.74, 6) is -0.866. The average Bonchev–Trinajstić information content (AvgIpc) is 1.95. The van der Waals surface area contributed by atoms with E-state index in [4.69, 9.17) is 4.65 Å². The van der Waals surface area contributed by atoms with Crippen molar-refractivity contribution in [1.29, 1.82) is 0 Å². The molecule has 3 saturated heterocycles. The maximum atomic E-state index is 11.0. The monoisotopic (exact) mass is 185 g/mol. The van der Waals surface area contributed by atoms with Crippen LogP contribution in [0.2, 0.25) is 0 Å². The molecule has 6 nitrogen and oxygen atoms in total. The van der Waals surface area contributed by atoms with Crippen molar-refractivity contribution in [1.82, 2.24) is 4.90 Å². The minimum Gasteiger partial charge on any atom is -0.473 e. The number of hydrogen-bond acceptors (Lipinski definition) is 6. The van der Waals surface area contributed by atoms with Gasteiger partial charge in [-0.25, -0.2) is 0 Å². The Bertz CT molecular complexity index is 205. The van der Waals surface area contributed by atoms with Gasteiger partial charge >= 0.3 is 19.3 Å². The molecule has 0 saturated carbocycles. The molecule has 0 spiro atoms. The van der Waals surface area contributed by atoms with Crippen molar-refractivity contribution in [3.05, 3.63) is 0 Å². The maximum absolute atomic E-state index is 11.0. The van der Waals surface area contributed by atoms with E-state index >= 15 is 0 Å². The molecule has 0 aromatic rings. The second-order valence-electron chi connectivity index (χ2n) is 2.85. The van der Waals surface area contributed by atoms with Crippen LogP contribution in [0.5, 0.6) is 0 Å². The molecule has 13 heavy (non-hydrogen) atoms. The summed E-state index contributed by atoms with van der Waals surface area (Å²) in [6, 6.07) is 0. The van der Waals surface area contributed by atoms with E-state index in [0.717, 1.165) is 0 Å². The third-order valence-corrected chi connectivity index (χ3v) is 1.82. The molecule has 0 radical (unpaired) electrons. The van der Waals surface area contributed by atoms with Gasteiger partial charge in [0, 0.05) is 13.2 Å². The highest BCUT2D eigenvalue weighted by molar-refractivity contribution is 6.42. The molecule has 0 atom stereocenters. The lowest BCUT2D eigenvalue weighted by Crippen LogP contribution is -2.49. The zero-order valence-electron chi connectivity index (χ0n) is 6.89. The minimum atomic E-state index is -1.15. The first-order chi connectivity index (χ1) is 6.24. The Balaban J connectivity index is 2.14. The average molecular weight is 185 g/mol. The van der Waals surface area contributed by atoms with Crippen LogP contribution in [-0.2, 0) is 23.6 Å². The van der Waals surface area contributed by atoms with E-state index in [1.54, 1.807) is 4.90 Å². The largest absolute Gasteiger partial charge is 0.791 e. The Labute approximate surface area is 74.9 Å². The van der Waals surface area contributed by atoms with Crippen LogP contribution in [0.1, 0.15) is 0 Å². The second kappa shape index (κ2) is 3.35. The minimum absolute atomic E-state index is 0.120. The Morgan fingerprint density at radius 2 is 1.77 bits per heavy atom. The van der Waals surface area contributed by atoms with Gasteiger partial charge in [-0.2, -0.15) is 0 Å². The summed E-state index contributed by atoms with van der Waals surface area (Å²) in [4.78, 5) is 23.7. The highest BCUT2D eigenvalue weighted by Gasteiger charge is 2.37. The van der Waals surface area contributed by atoms with E-state index < -0.39 is 19.3 Å². The summed E-state index contributed by atoms with van der Waals surface area (Å²) < 4.78 is 14.3. The van der Waals surface area contributed by atoms with Crippen LogP contribution in [0.4, 0.5) is 0 Å². The molecule has 7 heteroatoms. The van der Waals surface area contributed by atoms with Crippen LogP contribution in [0, 0.1) is 0 Å². The van der Waals surface area contributed by atoms with Gasteiger partial charge in [-0.1, -0.05) is 0 Å². The Morgan fingerprint density at radius 1 is 1.15 bits per heavy atom. The molecule has 3 heterocycles.